The molecular formula is C17H22N2O3S2. The summed E-state index contributed by atoms with van der Waals surface area (Å²) in [5.41, 5.74) is 1.74. The predicted molar refractivity (Wildman–Crippen MR) is 98.7 cm³/mol. The number of nitrogens with zero attached hydrogens (tertiary/aromatic N) is 1. The number of ether oxygens (including phenoxy) is 1. The van der Waals surface area contributed by atoms with E-state index in [1.165, 1.54) is 11.3 Å². The van der Waals surface area contributed by atoms with Crippen LogP contribution in [0.4, 0.5) is 0 Å². The van der Waals surface area contributed by atoms with E-state index in [2.05, 4.69) is 10.3 Å². The Labute approximate surface area is 148 Å². The minimum atomic E-state index is -1.29. The summed E-state index contributed by atoms with van der Waals surface area (Å²) in [6.07, 6.45) is 0.863. The van der Waals surface area contributed by atoms with Crippen LogP contribution in [0.25, 0.3) is 10.6 Å². The van der Waals surface area contributed by atoms with Gasteiger partial charge in [-0.2, -0.15) is 0 Å². The number of aromatic nitrogens is 1. The van der Waals surface area contributed by atoms with E-state index >= 15 is 0 Å². The van der Waals surface area contributed by atoms with Gasteiger partial charge in [-0.1, -0.05) is 6.92 Å². The maximum atomic E-state index is 12.3. The summed E-state index contributed by atoms with van der Waals surface area (Å²) in [4.78, 5) is 16.4. The van der Waals surface area contributed by atoms with Gasteiger partial charge in [0.05, 0.1) is 18.6 Å². The van der Waals surface area contributed by atoms with Crippen LogP contribution in [0.3, 0.4) is 0 Å². The fraction of sp³-hybridized carbons (Fsp3) is 0.412. The monoisotopic (exact) mass is 366 g/mol. The number of hydrogen-bond acceptors (Lipinski definition) is 5. The van der Waals surface area contributed by atoms with Gasteiger partial charge in [-0.15, -0.1) is 11.3 Å². The first-order valence-electron chi connectivity index (χ1n) is 7.78. The molecule has 0 spiro atoms. The number of thiazole rings is 1. The fourth-order valence-electron chi connectivity index (χ4n) is 2.02. The Kier molecular flexibility index (Phi) is 6.93. The molecule has 0 aliphatic carbocycles. The number of carbonyl (C=O) groups is 1. The second kappa shape index (κ2) is 8.94. The van der Waals surface area contributed by atoms with Crippen molar-refractivity contribution in [3.05, 3.63) is 35.3 Å². The number of hydrogen-bond donors (Lipinski definition) is 1. The van der Waals surface area contributed by atoms with Gasteiger partial charge < -0.3 is 10.1 Å². The summed E-state index contributed by atoms with van der Waals surface area (Å²) in [5, 5.41) is 5.01. The summed E-state index contributed by atoms with van der Waals surface area (Å²) in [6.45, 7) is 4.29. The molecule has 2 atom stereocenters. The molecule has 0 saturated carbocycles. The van der Waals surface area contributed by atoms with Gasteiger partial charge >= 0.3 is 0 Å². The van der Waals surface area contributed by atoms with E-state index in [0.717, 1.165) is 28.4 Å². The lowest BCUT2D eigenvalue weighted by Crippen LogP contribution is -2.36. The minimum absolute atomic E-state index is 0.166. The highest BCUT2D eigenvalue weighted by Gasteiger charge is 2.20. The molecule has 1 N–H and O–H groups in total. The molecule has 1 aromatic carbocycles. The second-order valence-electron chi connectivity index (χ2n) is 5.33. The van der Waals surface area contributed by atoms with Crippen LogP contribution in [0, 0.1) is 0 Å². The maximum absolute atomic E-state index is 12.3. The number of rotatable bonds is 8. The Balaban J connectivity index is 1.99. The first kappa shape index (κ1) is 18.6. The number of nitrogens with one attached hydrogen (secondary N) is 1. The van der Waals surface area contributed by atoms with Crippen molar-refractivity contribution < 1.29 is 13.7 Å². The van der Waals surface area contributed by atoms with Crippen LogP contribution in [0.2, 0.25) is 0 Å². The Morgan fingerprint density at radius 3 is 2.71 bits per heavy atom. The standard InChI is InChI=1S/C17H22N2O3S2/c1-4-9-18-16(20)12(2)24(21)11-14-10-23-17(19-14)13-5-7-15(22-3)8-6-13/h5-8,10,12H,4,9,11H2,1-3H3,(H,18,20)/t12-,24-/m0/s1. The summed E-state index contributed by atoms with van der Waals surface area (Å²) < 4.78 is 17.5. The Morgan fingerprint density at radius 2 is 2.08 bits per heavy atom. The Hall–Kier alpha value is -1.73. The molecule has 7 heteroatoms. The molecule has 1 amide bonds. The highest BCUT2D eigenvalue weighted by Crippen LogP contribution is 2.26. The normalized spacial score (nSPS) is 13.3. The van der Waals surface area contributed by atoms with Crippen molar-refractivity contribution in [3.63, 3.8) is 0 Å². The predicted octanol–water partition coefficient (Wildman–Crippen LogP) is 2.98. The van der Waals surface area contributed by atoms with Gasteiger partial charge in [-0.05, 0) is 37.6 Å². The van der Waals surface area contributed by atoms with Crippen molar-refractivity contribution in [2.45, 2.75) is 31.3 Å². The summed E-state index contributed by atoms with van der Waals surface area (Å²) in [5.74, 6) is 0.914. The number of methoxy groups -OCH3 is 1. The fourth-order valence-corrected chi connectivity index (χ4v) is 3.96. The quantitative estimate of drug-likeness (QED) is 0.780. The zero-order valence-electron chi connectivity index (χ0n) is 14.1. The molecule has 0 unspecified atom stereocenters. The molecule has 0 fully saturated rings. The molecule has 1 heterocycles. The molecule has 0 radical (unpaired) electrons. The van der Waals surface area contributed by atoms with E-state index in [-0.39, 0.29) is 11.7 Å². The summed E-state index contributed by atoms with van der Waals surface area (Å²) in [6, 6.07) is 7.65. The lowest BCUT2D eigenvalue weighted by atomic mass is 10.2. The number of carbonyl (C=O) groups excluding carboxylic acids is 1. The van der Waals surface area contributed by atoms with Gasteiger partial charge in [-0.25, -0.2) is 4.98 Å². The van der Waals surface area contributed by atoms with Crippen LogP contribution in [0.1, 0.15) is 26.0 Å². The molecule has 24 heavy (non-hydrogen) atoms. The van der Waals surface area contributed by atoms with E-state index < -0.39 is 16.0 Å². The minimum Gasteiger partial charge on any atom is -0.497 e. The van der Waals surface area contributed by atoms with Gasteiger partial charge in [0.25, 0.3) is 0 Å². The first-order chi connectivity index (χ1) is 11.5. The molecule has 5 nitrogen and oxygen atoms in total. The van der Waals surface area contributed by atoms with E-state index in [4.69, 9.17) is 4.74 Å². The molecular weight excluding hydrogens is 344 g/mol. The van der Waals surface area contributed by atoms with E-state index in [1.54, 1.807) is 14.0 Å². The molecule has 2 rings (SSSR count). The zero-order chi connectivity index (χ0) is 17.5. The first-order valence-corrected chi connectivity index (χ1v) is 10.0. The third kappa shape index (κ3) is 4.88. The summed E-state index contributed by atoms with van der Waals surface area (Å²) in [7, 11) is 0.343. The molecule has 2 aromatic rings. The average molecular weight is 367 g/mol. The highest BCUT2D eigenvalue weighted by atomic mass is 32.2. The number of amides is 1. The SMILES string of the molecule is CCCNC(=O)[C@H](C)[S@@](=O)Cc1csc(-c2ccc(OC)cc2)n1. The van der Waals surface area contributed by atoms with Crippen LogP contribution in [0.15, 0.2) is 29.6 Å². The lowest BCUT2D eigenvalue weighted by Gasteiger charge is -2.10. The smallest absolute Gasteiger partial charge is 0.235 e. The largest absolute Gasteiger partial charge is 0.497 e. The lowest BCUT2D eigenvalue weighted by molar-refractivity contribution is -0.120. The van der Waals surface area contributed by atoms with Gasteiger partial charge in [0.1, 0.15) is 16.0 Å². The van der Waals surface area contributed by atoms with Gasteiger partial charge in [-0.3, -0.25) is 9.00 Å². The molecule has 1 aromatic heterocycles. The third-order valence-corrected chi connectivity index (χ3v) is 6.01. The van der Waals surface area contributed by atoms with Crippen LogP contribution in [-0.2, 0) is 21.3 Å². The topological polar surface area (TPSA) is 68.3 Å². The van der Waals surface area contributed by atoms with Crippen molar-refractivity contribution in [3.8, 4) is 16.3 Å². The van der Waals surface area contributed by atoms with Gasteiger partial charge in [0.2, 0.25) is 5.91 Å². The van der Waals surface area contributed by atoms with Crippen LogP contribution < -0.4 is 10.1 Å². The maximum Gasteiger partial charge on any atom is 0.235 e. The van der Waals surface area contributed by atoms with Crippen molar-refractivity contribution >= 4 is 28.0 Å². The Morgan fingerprint density at radius 1 is 1.38 bits per heavy atom. The molecule has 0 aliphatic heterocycles. The average Bonchev–Trinajstić information content (AvgIpc) is 3.07. The van der Waals surface area contributed by atoms with E-state index in [1.807, 2.05) is 36.6 Å². The summed E-state index contributed by atoms with van der Waals surface area (Å²) >= 11 is 1.51. The Bertz CT molecular complexity index is 698. The van der Waals surface area contributed by atoms with Gasteiger partial charge in [0.15, 0.2) is 0 Å². The van der Waals surface area contributed by atoms with Gasteiger partial charge in [0, 0.05) is 28.3 Å². The molecule has 0 saturated heterocycles. The highest BCUT2D eigenvalue weighted by molar-refractivity contribution is 7.85. The molecule has 0 bridgehead atoms. The molecule has 0 aliphatic rings. The van der Waals surface area contributed by atoms with Crippen LogP contribution in [-0.4, -0.2) is 34.0 Å². The number of benzene rings is 1. The van der Waals surface area contributed by atoms with Crippen LogP contribution in [0.5, 0.6) is 5.75 Å². The van der Waals surface area contributed by atoms with E-state index in [9.17, 15) is 9.00 Å². The van der Waals surface area contributed by atoms with Crippen molar-refractivity contribution in [1.82, 2.24) is 10.3 Å². The third-order valence-electron chi connectivity index (χ3n) is 3.49. The second-order valence-corrected chi connectivity index (χ2v) is 7.95. The zero-order valence-corrected chi connectivity index (χ0v) is 15.7. The van der Waals surface area contributed by atoms with Crippen molar-refractivity contribution in [1.29, 1.82) is 0 Å². The molecule has 130 valence electrons. The van der Waals surface area contributed by atoms with Crippen molar-refractivity contribution in [2.75, 3.05) is 13.7 Å². The van der Waals surface area contributed by atoms with Crippen molar-refractivity contribution in [2.24, 2.45) is 0 Å². The van der Waals surface area contributed by atoms with Crippen LogP contribution >= 0.6 is 11.3 Å². The van der Waals surface area contributed by atoms with E-state index in [0.29, 0.717) is 6.54 Å².